The number of hydrogen-bond donors (Lipinski definition) is 2. The van der Waals surface area contributed by atoms with Crippen LogP contribution in [0.2, 0.25) is 0 Å². The highest BCUT2D eigenvalue weighted by Crippen LogP contribution is 2.14. The zero-order valence-electron chi connectivity index (χ0n) is 15.0. The molecule has 0 aliphatic heterocycles. The molecule has 25 heavy (non-hydrogen) atoms. The number of benzene rings is 1. The van der Waals surface area contributed by atoms with Crippen molar-refractivity contribution in [1.29, 1.82) is 0 Å². The molecule has 0 aliphatic carbocycles. The van der Waals surface area contributed by atoms with Gasteiger partial charge < -0.3 is 15.4 Å². The Kier molecular flexibility index (Phi) is 10.5. The standard InChI is InChI=1S/C18H26N4OS.HI/c1-4-5-9-23-16-8-6-7-15(10-16)12-21-18(19-3)22-13-17-20-11-14(2)24-17;/h6-8,10-11H,4-5,9,12-13H2,1-3H3,(H2,19,21,22);1H. The third-order valence-corrected chi connectivity index (χ3v) is 4.34. The summed E-state index contributed by atoms with van der Waals surface area (Å²) in [4.78, 5) is 9.81. The number of guanidine groups is 1. The van der Waals surface area contributed by atoms with Gasteiger partial charge in [-0.15, -0.1) is 35.3 Å². The highest BCUT2D eigenvalue weighted by molar-refractivity contribution is 14.0. The van der Waals surface area contributed by atoms with Crippen molar-refractivity contribution in [2.75, 3.05) is 13.7 Å². The summed E-state index contributed by atoms with van der Waals surface area (Å²) in [7, 11) is 1.77. The first-order valence-electron chi connectivity index (χ1n) is 8.29. The zero-order valence-corrected chi connectivity index (χ0v) is 18.2. The van der Waals surface area contributed by atoms with E-state index in [1.165, 1.54) is 4.88 Å². The Balaban J connectivity index is 0.00000312. The van der Waals surface area contributed by atoms with Crippen molar-refractivity contribution in [3.63, 3.8) is 0 Å². The number of nitrogens with one attached hydrogen (secondary N) is 2. The normalized spacial score (nSPS) is 10.9. The van der Waals surface area contributed by atoms with Gasteiger partial charge in [0.15, 0.2) is 5.96 Å². The predicted octanol–water partition coefficient (Wildman–Crippen LogP) is 4.11. The molecule has 1 aromatic heterocycles. The van der Waals surface area contributed by atoms with Crippen LogP contribution in [0.3, 0.4) is 0 Å². The van der Waals surface area contributed by atoms with Crippen LogP contribution in [0.1, 0.15) is 35.2 Å². The van der Waals surface area contributed by atoms with Gasteiger partial charge in [0.1, 0.15) is 10.8 Å². The lowest BCUT2D eigenvalue weighted by Gasteiger charge is -2.12. The molecule has 0 amide bonds. The molecule has 1 aromatic carbocycles. The van der Waals surface area contributed by atoms with Crippen molar-refractivity contribution in [2.45, 2.75) is 39.8 Å². The number of aromatic nitrogens is 1. The van der Waals surface area contributed by atoms with Crippen LogP contribution in [-0.4, -0.2) is 24.6 Å². The van der Waals surface area contributed by atoms with Crippen LogP contribution in [0.5, 0.6) is 5.75 Å². The number of thiazole rings is 1. The Morgan fingerprint density at radius 1 is 1.28 bits per heavy atom. The highest BCUT2D eigenvalue weighted by atomic mass is 127. The van der Waals surface area contributed by atoms with Crippen LogP contribution < -0.4 is 15.4 Å². The van der Waals surface area contributed by atoms with Gasteiger partial charge in [0.2, 0.25) is 0 Å². The number of halogens is 1. The predicted molar refractivity (Wildman–Crippen MR) is 116 cm³/mol. The molecule has 0 radical (unpaired) electrons. The second-order valence-corrected chi connectivity index (χ2v) is 6.81. The van der Waals surface area contributed by atoms with E-state index >= 15 is 0 Å². The molecule has 7 heteroatoms. The van der Waals surface area contributed by atoms with Crippen LogP contribution in [-0.2, 0) is 13.1 Å². The summed E-state index contributed by atoms with van der Waals surface area (Å²) >= 11 is 1.69. The van der Waals surface area contributed by atoms with Crippen molar-refractivity contribution >= 4 is 41.3 Å². The fraction of sp³-hybridized carbons (Fsp3) is 0.444. The van der Waals surface area contributed by atoms with Crippen LogP contribution in [0, 0.1) is 6.92 Å². The van der Waals surface area contributed by atoms with Gasteiger partial charge in [-0.2, -0.15) is 0 Å². The molecule has 138 valence electrons. The first-order chi connectivity index (χ1) is 11.7. The van der Waals surface area contributed by atoms with Crippen molar-refractivity contribution in [1.82, 2.24) is 15.6 Å². The SMILES string of the molecule is CCCCOc1cccc(CNC(=NC)NCc2ncc(C)s2)c1.I. The molecule has 2 rings (SSSR count). The van der Waals surface area contributed by atoms with E-state index in [0.29, 0.717) is 13.1 Å². The van der Waals surface area contributed by atoms with Gasteiger partial charge >= 0.3 is 0 Å². The number of ether oxygens (including phenoxy) is 1. The quantitative estimate of drug-likeness (QED) is 0.262. The molecule has 5 nitrogen and oxygen atoms in total. The lowest BCUT2D eigenvalue weighted by atomic mass is 10.2. The van der Waals surface area contributed by atoms with Crippen LogP contribution in [0.25, 0.3) is 0 Å². The second-order valence-electron chi connectivity index (χ2n) is 5.49. The Bertz CT molecular complexity index is 660. The fourth-order valence-electron chi connectivity index (χ4n) is 2.13. The van der Waals surface area contributed by atoms with Crippen LogP contribution in [0.15, 0.2) is 35.5 Å². The topological polar surface area (TPSA) is 58.5 Å². The molecule has 2 N–H and O–H groups in total. The third-order valence-electron chi connectivity index (χ3n) is 3.42. The van der Waals surface area contributed by atoms with Gasteiger partial charge in [-0.1, -0.05) is 25.5 Å². The maximum Gasteiger partial charge on any atom is 0.191 e. The summed E-state index contributed by atoms with van der Waals surface area (Å²) in [5, 5.41) is 7.66. The number of aryl methyl sites for hydroxylation is 1. The summed E-state index contributed by atoms with van der Waals surface area (Å²) < 4.78 is 5.75. The summed E-state index contributed by atoms with van der Waals surface area (Å²) in [5.74, 6) is 1.68. The Morgan fingerprint density at radius 3 is 2.76 bits per heavy atom. The Morgan fingerprint density at radius 2 is 2.08 bits per heavy atom. The minimum atomic E-state index is 0. The lowest BCUT2D eigenvalue weighted by molar-refractivity contribution is 0.309. The van der Waals surface area contributed by atoms with Crippen LogP contribution in [0.4, 0.5) is 0 Å². The number of hydrogen-bond acceptors (Lipinski definition) is 4. The minimum absolute atomic E-state index is 0. The summed E-state index contributed by atoms with van der Waals surface area (Å²) in [5.41, 5.74) is 1.16. The molecular weight excluding hydrogens is 447 g/mol. The van der Waals surface area contributed by atoms with Crippen molar-refractivity contribution in [3.8, 4) is 5.75 Å². The largest absolute Gasteiger partial charge is 0.494 e. The maximum absolute atomic E-state index is 5.75. The molecular formula is C18H27IN4OS. The fourth-order valence-corrected chi connectivity index (χ4v) is 2.86. The molecule has 0 spiro atoms. The van der Waals surface area contributed by atoms with E-state index in [0.717, 1.165) is 41.7 Å². The molecule has 0 aliphatic rings. The van der Waals surface area contributed by atoms with E-state index in [-0.39, 0.29) is 24.0 Å². The van der Waals surface area contributed by atoms with E-state index in [1.54, 1.807) is 18.4 Å². The van der Waals surface area contributed by atoms with E-state index in [9.17, 15) is 0 Å². The van der Waals surface area contributed by atoms with Crippen molar-refractivity contribution in [3.05, 3.63) is 45.9 Å². The number of nitrogens with zero attached hydrogens (tertiary/aromatic N) is 2. The molecule has 0 saturated heterocycles. The molecule has 0 atom stereocenters. The number of rotatable bonds is 8. The number of aliphatic imine (C=N–C) groups is 1. The zero-order chi connectivity index (χ0) is 17.2. The summed E-state index contributed by atoms with van der Waals surface area (Å²) in [6.07, 6.45) is 4.11. The minimum Gasteiger partial charge on any atom is -0.494 e. The van der Waals surface area contributed by atoms with E-state index in [4.69, 9.17) is 4.74 Å². The van der Waals surface area contributed by atoms with Crippen molar-refractivity contribution in [2.24, 2.45) is 4.99 Å². The van der Waals surface area contributed by atoms with E-state index < -0.39 is 0 Å². The average Bonchev–Trinajstić information content (AvgIpc) is 3.01. The van der Waals surface area contributed by atoms with E-state index in [1.807, 2.05) is 18.3 Å². The van der Waals surface area contributed by atoms with Gasteiger partial charge in [0, 0.05) is 24.7 Å². The molecule has 1 heterocycles. The molecule has 2 aromatic rings. The summed E-state index contributed by atoms with van der Waals surface area (Å²) in [6, 6.07) is 8.17. The second kappa shape index (κ2) is 12.1. The first kappa shape index (κ1) is 21.7. The van der Waals surface area contributed by atoms with Gasteiger partial charge in [-0.3, -0.25) is 4.99 Å². The van der Waals surface area contributed by atoms with Gasteiger partial charge in [0.25, 0.3) is 0 Å². The molecule has 0 saturated carbocycles. The number of unbranched alkanes of at least 4 members (excludes halogenated alkanes) is 1. The highest BCUT2D eigenvalue weighted by Gasteiger charge is 2.03. The molecule has 0 bridgehead atoms. The average molecular weight is 474 g/mol. The van der Waals surface area contributed by atoms with Gasteiger partial charge in [0.05, 0.1) is 13.2 Å². The van der Waals surface area contributed by atoms with Crippen LogP contribution >= 0.6 is 35.3 Å². The van der Waals surface area contributed by atoms with Gasteiger partial charge in [-0.05, 0) is 31.0 Å². The third kappa shape index (κ3) is 8.04. The Labute approximate surface area is 171 Å². The smallest absolute Gasteiger partial charge is 0.191 e. The van der Waals surface area contributed by atoms with Crippen molar-refractivity contribution < 1.29 is 4.74 Å². The first-order valence-corrected chi connectivity index (χ1v) is 9.10. The molecule has 0 unspecified atom stereocenters. The summed E-state index contributed by atoms with van der Waals surface area (Å²) in [6.45, 7) is 6.36. The van der Waals surface area contributed by atoms with Gasteiger partial charge in [-0.25, -0.2) is 4.98 Å². The lowest BCUT2D eigenvalue weighted by Crippen LogP contribution is -2.36. The monoisotopic (exact) mass is 474 g/mol. The molecule has 0 fully saturated rings. The van der Waals surface area contributed by atoms with E-state index in [2.05, 4.69) is 46.6 Å². The Hall–Kier alpha value is -1.35. The maximum atomic E-state index is 5.75.